The predicted molar refractivity (Wildman–Crippen MR) is 72.9 cm³/mol. The van der Waals surface area contributed by atoms with Gasteiger partial charge in [-0.2, -0.15) is 0 Å². The van der Waals surface area contributed by atoms with Crippen LogP contribution < -0.4 is 10.6 Å². The molecular weight excluding hydrogens is 226 g/mol. The van der Waals surface area contributed by atoms with E-state index in [1.807, 2.05) is 7.05 Å². The van der Waals surface area contributed by atoms with Gasteiger partial charge in [-0.15, -0.1) is 0 Å². The monoisotopic (exact) mass is 247 g/mol. The largest absolute Gasteiger partial charge is 0.373 e. The maximum atomic E-state index is 4.36. The summed E-state index contributed by atoms with van der Waals surface area (Å²) in [6.45, 7) is 4.44. The van der Waals surface area contributed by atoms with Crippen LogP contribution in [0.1, 0.15) is 24.8 Å². The van der Waals surface area contributed by atoms with Crippen molar-refractivity contribution in [3.05, 3.63) is 11.9 Å². The molecule has 1 atom stereocenters. The first kappa shape index (κ1) is 11.7. The van der Waals surface area contributed by atoms with E-state index in [-0.39, 0.29) is 0 Å². The lowest BCUT2D eigenvalue weighted by Crippen LogP contribution is -2.28. The minimum absolute atomic E-state index is 0.531. The maximum absolute atomic E-state index is 4.36. The summed E-state index contributed by atoms with van der Waals surface area (Å²) in [6, 6.07) is 1.40. The lowest BCUT2D eigenvalue weighted by Gasteiger charge is -2.17. The van der Waals surface area contributed by atoms with Crippen molar-refractivity contribution in [1.82, 2.24) is 14.9 Å². The molecule has 0 amide bonds. The third-order valence-corrected chi connectivity index (χ3v) is 3.94. The molecule has 1 aromatic heterocycles. The van der Waals surface area contributed by atoms with Crippen LogP contribution in [0.15, 0.2) is 6.33 Å². The Balaban J connectivity index is 1.65. The van der Waals surface area contributed by atoms with Gasteiger partial charge in [0, 0.05) is 37.8 Å². The molecule has 5 heteroatoms. The zero-order valence-corrected chi connectivity index (χ0v) is 11.1. The molecule has 2 fully saturated rings. The van der Waals surface area contributed by atoms with Crippen LogP contribution in [-0.2, 0) is 0 Å². The van der Waals surface area contributed by atoms with Crippen molar-refractivity contribution in [1.29, 1.82) is 0 Å². The topological polar surface area (TPSA) is 53.1 Å². The van der Waals surface area contributed by atoms with Gasteiger partial charge in [0.15, 0.2) is 0 Å². The van der Waals surface area contributed by atoms with Crippen LogP contribution in [-0.4, -0.2) is 47.1 Å². The highest BCUT2D eigenvalue weighted by Crippen LogP contribution is 2.30. The molecule has 5 nitrogen and oxygen atoms in total. The molecule has 18 heavy (non-hydrogen) atoms. The number of rotatable bonds is 4. The highest BCUT2D eigenvalue weighted by molar-refractivity contribution is 5.56. The van der Waals surface area contributed by atoms with Crippen molar-refractivity contribution in [3.8, 4) is 0 Å². The molecule has 1 unspecified atom stereocenters. The van der Waals surface area contributed by atoms with Crippen LogP contribution in [0.3, 0.4) is 0 Å². The van der Waals surface area contributed by atoms with Gasteiger partial charge in [-0.05, 0) is 26.2 Å². The van der Waals surface area contributed by atoms with E-state index in [1.165, 1.54) is 25.8 Å². The quantitative estimate of drug-likeness (QED) is 0.844. The molecule has 0 bridgehead atoms. The van der Waals surface area contributed by atoms with Gasteiger partial charge in [0.05, 0.1) is 0 Å². The summed E-state index contributed by atoms with van der Waals surface area (Å²) < 4.78 is 0. The Labute approximate surface area is 108 Å². The Kier molecular flexibility index (Phi) is 3.07. The second-order valence-electron chi connectivity index (χ2n) is 5.30. The fourth-order valence-electron chi connectivity index (χ4n) is 2.72. The van der Waals surface area contributed by atoms with Gasteiger partial charge >= 0.3 is 0 Å². The Morgan fingerprint density at radius 2 is 2.00 bits per heavy atom. The molecule has 0 radical (unpaired) electrons. The molecule has 2 aliphatic rings. The SMILES string of the molecule is CNc1ncnc(NC2CCN(C3CC3)C2)c1C. The first-order chi connectivity index (χ1) is 8.78. The van der Waals surface area contributed by atoms with E-state index in [0.29, 0.717) is 6.04 Å². The first-order valence-electron chi connectivity index (χ1n) is 6.78. The highest BCUT2D eigenvalue weighted by atomic mass is 15.2. The molecule has 1 saturated carbocycles. The van der Waals surface area contributed by atoms with Crippen molar-refractivity contribution >= 4 is 11.6 Å². The molecule has 3 rings (SSSR count). The number of nitrogens with zero attached hydrogens (tertiary/aromatic N) is 3. The first-order valence-corrected chi connectivity index (χ1v) is 6.78. The molecule has 1 aliphatic carbocycles. The number of likely N-dealkylation sites (tertiary alicyclic amines) is 1. The fourth-order valence-corrected chi connectivity index (χ4v) is 2.72. The van der Waals surface area contributed by atoms with Crippen molar-refractivity contribution in [2.24, 2.45) is 0 Å². The number of hydrogen-bond donors (Lipinski definition) is 2. The standard InChI is InChI=1S/C13H21N5/c1-9-12(14-2)15-8-16-13(9)17-10-5-6-18(7-10)11-3-4-11/h8,10-11H,3-7H2,1-2H3,(H2,14,15,16,17). The van der Waals surface area contributed by atoms with E-state index in [1.54, 1.807) is 6.33 Å². The fraction of sp³-hybridized carbons (Fsp3) is 0.692. The molecule has 2 N–H and O–H groups in total. The Hall–Kier alpha value is -1.36. The summed E-state index contributed by atoms with van der Waals surface area (Å²) >= 11 is 0. The van der Waals surface area contributed by atoms with E-state index < -0.39 is 0 Å². The van der Waals surface area contributed by atoms with Gasteiger partial charge in [0.25, 0.3) is 0 Å². The second kappa shape index (κ2) is 4.72. The summed E-state index contributed by atoms with van der Waals surface area (Å²) in [5.41, 5.74) is 1.10. The number of aromatic nitrogens is 2. The average Bonchev–Trinajstić information content (AvgIpc) is 3.13. The van der Waals surface area contributed by atoms with Crippen LogP contribution >= 0.6 is 0 Å². The molecule has 2 heterocycles. The van der Waals surface area contributed by atoms with Crippen molar-refractivity contribution in [3.63, 3.8) is 0 Å². The molecule has 1 saturated heterocycles. The third-order valence-electron chi connectivity index (χ3n) is 3.94. The zero-order valence-electron chi connectivity index (χ0n) is 11.1. The number of anilines is 2. The van der Waals surface area contributed by atoms with Crippen LogP contribution in [0.25, 0.3) is 0 Å². The minimum atomic E-state index is 0.531. The van der Waals surface area contributed by atoms with E-state index in [0.717, 1.165) is 29.8 Å². The van der Waals surface area contributed by atoms with Crippen LogP contribution in [0.5, 0.6) is 0 Å². The average molecular weight is 247 g/mol. The summed E-state index contributed by atoms with van der Waals surface area (Å²) in [6.07, 6.45) is 5.62. The second-order valence-corrected chi connectivity index (χ2v) is 5.30. The summed E-state index contributed by atoms with van der Waals surface area (Å²) in [4.78, 5) is 11.2. The Bertz CT molecular complexity index is 429. The van der Waals surface area contributed by atoms with Crippen LogP contribution in [0.4, 0.5) is 11.6 Å². The van der Waals surface area contributed by atoms with E-state index in [4.69, 9.17) is 0 Å². The maximum Gasteiger partial charge on any atom is 0.134 e. The zero-order chi connectivity index (χ0) is 12.5. The van der Waals surface area contributed by atoms with Crippen molar-refractivity contribution in [2.75, 3.05) is 30.8 Å². The lowest BCUT2D eigenvalue weighted by atomic mass is 10.2. The van der Waals surface area contributed by atoms with E-state index >= 15 is 0 Å². The highest BCUT2D eigenvalue weighted by Gasteiger charge is 2.34. The van der Waals surface area contributed by atoms with E-state index in [9.17, 15) is 0 Å². The molecule has 0 aromatic carbocycles. The van der Waals surface area contributed by atoms with Gasteiger partial charge < -0.3 is 10.6 Å². The van der Waals surface area contributed by atoms with Gasteiger partial charge in [-0.3, -0.25) is 4.90 Å². The van der Waals surface area contributed by atoms with Crippen molar-refractivity contribution < 1.29 is 0 Å². The minimum Gasteiger partial charge on any atom is -0.373 e. The smallest absolute Gasteiger partial charge is 0.134 e. The number of nitrogens with one attached hydrogen (secondary N) is 2. The Morgan fingerprint density at radius 3 is 2.72 bits per heavy atom. The van der Waals surface area contributed by atoms with Gasteiger partial charge in [0.2, 0.25) is 0 Å². The van der Waals surface area contributed by atoms with Crippen LogP contribution in [0, 0.1) is 6.92 Å². The Morgan fingerprint density at radius 1 is 1.22 bits per heavy atom. The summed E-state index contributed by atoms with van der Waals surface area (Å²) in [5.74, 6) is 1.88. The molecular formula is C13H21N5. The normalized spacial score (nSPS) is 24.2. The summed E-state index contributed by atoms with van der Waals surface area (Å²) in [7, 11) is 1.89. The van der Waals surface area contributed by atoms with E-state index in [2.05, 4.69) is 32.4 Å². The molecule has 1 aromatic rings. The summed E-state index contributed by atoms with van der Waals surface area (Å²) in [5, 5.41) is 6.66. The van der Waals surface area contributed by atoms with Crippen LogP contribution in [0.2, 0.25) is 0 Å². The van der Waals surface area contributed by atoms with Gasteiger partial charge in [-0.25, -0.2) is 9.97 Å². The van der Waals surface area contributed by atoms with Crippen molar-refractivity contribution in [2.45, 2.75) is 38.3 Å². The molecule has 1 aliphatic heterocycles. The lowest BCUT2D eigenvalue weighted by molar-refractivity contribution is 0.326. The third kappa shape index (κ3) is 2.27. The van der Waals surface area contributed by atoms with Gasteiger partial charge in [0.1, 0.15) is 18.0 Å². The predicted octanol–water partition coefficient (Wildman–Crippen LogP) is 1.48. The van der Waals surface area contributed by atoms with Gasteiger partial charge in [-0.1, -0.05) is 0 Å². The molecule has 0 spiro atoms. The molecule has 98 valence electrons. The number of hydrogen-bond acceptors (Lipinski definition) is 5.